The summed E-state index contributed by atoms with van der Waals surface area (Å²) in [4.78, 5) is 16.6. The Morgan fingerprint density at radius 2 is 1.70 bits per heavy atom. The molecular weight excluding hydrogens is 623 g/mol. The van der Waals surface area contributed by atoms with Gasteiger partial charge in [-0.3, -0.25) is 14.4 Å². The van der Waals surface area contributed by atoms with Crippen molar-refractivity contribution in [3.05, 3.63) is 99.8 Å². The van der Waals surface area contributed by atoms with Crippen LogP contribution in [0.1, 0.15) is 17.3 Å². The molecule has 0 aliphatic carbocycles. The minimum absolute atomic E-state index is 0.000866. The predicted octanol–water partition coefficient (Wildman–Crippen LogP) is 6.81. The van der Waals surface area contributed by atoms with E-state index in [1.54, 1.807) is 49.5 Å². The van der Waals surface area contributed by atoms with Crippen molar-refractivity contribution in [3.8, 4) is 22.3 Å². The molecule has 14 heteroatoms. The maximum absolute atomic E-state index is 14.1. The van der Waals surface area contributed by atoms with Crippen molar-refractivity contribution in [1.29, 1.82) is 0 Å². The second kappa shape index (κ2) is 11.8. The molecule has 1 unspecified atom stereocenters. The number of sulfonamides is 1. The van der Waals surface area contributed by atoms with Crippen LogP contribution in [0.4, 0.5) is 19.4 Å². The first-order valence-electron chi connectivity index (χ1n) is 12.6. The molecule has 0 aliphatic rings. The van der Waals surface area contributed by atoms with Gasteiger partial charge in [0.05, 0.1) is 33.9 Å². The van der Waals surface area contributed by atoms with E-state index in [0.717, 1.165) is 24.5 Å². The quantitative estimate of drug-likeness (QED) is 0.170. The summed E-state index contributed by atoms with van der Waals surface area (Å²) in [6.07, 6.45) is 0.981. The summed E-state index contributed by atoms with van der Waals surface area (Å²) in [7, 11) is -2.12. The van der Waals surface area contributed by atoms with Gasteiger partial charge in [-0.15, -0.1) is 0 Å². The number of carbonyl (C=O) groups is 1. The maximum Gasteiger partial charge on any atom is 0.405 e. The molecule has 2 aromatic heterocycles. The Morgan fingerprint density at radius 3 is 2.35 bits per heavy atom. The lowest BCUT2D eigenvalue weighted by atomic mass is 9.92. The van der Waals surface area contributed by atoms with E-state index in [1.807, 2.05) is 0 Å². The summed E-state index contributed by atoms with van der Waals surface area (Å²) in [5, 5.41) is 17.4. The lowest BCUT2D eigenvalue weighted by Gasteiger charge is -2.22. The van der Waals surface area contributed by atoms with Gasteiger partial charge in [0, 0.05) is 46.6 Å². The molecule has 3 N–H and O–H groups in total. The molecule has 1 atom stereocenters. The number of pyridine rings is 1. The lowest BCUT2D eigenvalue weighted by molar-refractivity contribution is 0.189. The van der Waals surface area contributed by atoms with Crippen molar-refractivity contribution in [2.24, 2.45) is 7.05 Å². The number of halogens is 4. The molecule has 1 amide bonds. The summed E-state index contributed by atoms with van der Waals surface area (Å²) in [6, 6.07) is 13.9. The fourth-order valence-electron chi connectivity index (χ4n) is 4.98. The molecule has 43 heavy (non-hydrogen) atoms. The molecule has 0 saturated heterocycles. The number of carboxylic acid groups (broad SMARTS) is 1. The summed E-state index contributed by atoms with van der Waals surface area (Å²) in [5.74, 6) is -1.63. The van der Waals surface area contributed by atoms with Crippen molar-refractivity contribution in [2.45, 2.75) is 12.5 Å². The van der Waals surface area contributed by atoms with Crippen LogP contribution in [0.25, 0.3) is 33.2 Å². The zero-order valence-electron chi connectivity index (χ0n) is 22.6. The Kier molecular flexibility index (Phi) is 8.28. The van der Waals surface area contributed by atoms with Gasteiger partial charge in [-0.05, 0) is 42.3 Å². The van der Waals surface area contributed by atoms with E-state index in [0.29, 0.717) is 38.2 Å². The van der Waals surface area contributed by atoms with Gasteiger partial charge in [0.25, 0.3) is 0 Å². The molecule has 0 fully saturated rings. The van der Waals surface area contributed by atoms with Crippen LogP contribution in [-0.4, -0.2) is 40.6 Å². The molecule has 0 bridgehead atoms. The molecule has 2 heterocycles. The van der Waals surface area contributed by atoms with E-state index in [-0.39, 0.29) is 28.5 Å². The highest BCUT2D eigenvalue weighted by atomic mass is 35.5. The van der Waals surface area contributed by atoms with Crippen LogP contribution in [0.15, 0.2) is 66.9 Å². The number of fused-ring (bicyclic) bond motifs is 1. The summed E-state index contributed by atoms with van der Waals surface area (Å²) in [6.45, 7) is 0. The van der Waals surface area contributed by atoms with Crippen LogP contribution in [0.3, 0.4) is 0 Å². The number of amides is 1. The second-order valence-electron chi connectivity index (χ2n) is 9.79. The van der Waals surface area contributed by atoms with E-state index < -0.39 is 33.8 Å². The van der Waals surface area contributed by atoms with Gasteiger partial charge >= 0.3 is 6.09 Å². The topological polar surface area (TPSA) is 126 Å². The van der Waals surface area contributed by atoms with E-state index in [2.05, 4.69) is 20.1 Å². The maximum atomic E-state index is 14.1. The number of aryl methyl sites for hydroxylation is 1. The SMILES string of the molecule is Cn1nc(NS(C)(=O)=O)c2c(Cl)ccc(-c3cc(-c4ccccc4Cl)cnc3C(Cc3cc(F)cc(F)c3)NC(=O)O)c21. The van der Waals surface area contributed by atoms with Gasteiger partial charge in [0.2, 0.25) is 10.0 Å². The average Bonchev–Trinajstić information content (AvgIpc) is 3.22. The Hall–Kier alpha value is -4.26. The molecule has 5 aromatic rings. The Balaban J connectivity index is 1.79. The number of nitrogens with one attached hydrogen (secondary N) is 2. The largest absolute Gasteiger partial charge is 0.465 e. The van der Waals surface area contributed by atoms with E-state index in [4.69, 9.17) is 23.2 Å². The van der Waals surface area contributed by atoms with E-state index in [1.165, 1.54) is 10.9 Å². The number of hydrogen-bond donors (Lipinski definition) is 3. The van der Waals surface area contributed by atoms with Crippen LogP contribution in [0.2, 0.25) is 10.0 Å². The number of hydrogen-bond acceptors (Lipinski definition) is 5. The molecular formula is C29H23Cl2F2N5O4S. The third kappa shape index (κ3) is 6.56. The van der Waals surface area contributed by atoms with Crippen molar-refractivity contribution >= 4 is 56.0 Å². The third-order valence-corrected chi connectivity index (χ3v) is 7.81. The summed E-state index contributed by atoms with van der Waals surface area (Å²) in [5.41, 5.74) is 2.98. The van der Waals surface area contributed by atoms with Crippen LogP contribution in [0.5, 0.6) is 0 Å². The number of rotatable bonds is 8. The fraction of sp³-hybridized carbons (Fsp3) is 0.138. The monoisotopic (exact) mass is 645 g/mol. The van der Waals surface area contributed by atoms with Crippen LogP contribution < -0.4 is 10.0 Å². The molecule has 0 radical (unpaired) electrons. The Labute approximate surface area is 255 Å². The highest BCUT2D eigenvalue weighted by Crippen LogP contribution is 2.41. The molecule has 9 nitrogen and oxygen atoms in total. The second-order valence-corrected chi connectivity index (χ2v) is 12.3. The summed E-state index contributed by atoms with van der Waals surface area (Å²) >= 11 is 13.0. The minimum Gasteiger partial charge on any atom is -0.465 e. The average molecular weight is 647 g/mol. The molecule has 5 rings (SSSR count). The Bertz CT molecular complexity index is 1980. The molecule has 3 aromatic carbocycles. The fourth-order valence-corrected chi connectivity index (χ4v) is 5.96. The summed E-state index contributed by atoms with van der Waals surface area (Å²) < 4.78 is 56.1. The van der Waals surface area contributed by atoms with Gasteiger partial charge in [0.1, 0.15) is 11.6 Å². The van der Waals surface area contributed by atoms with Crippen molar-refractivity contribution in [3.63, 3.8) is 0 Å². The number of anilines is 1. The highest BCUT2D eigenvalue weighted by molar-refractivity contribution is 7.92. The predicted molar refractivity (Wildman–Crippen MR) is 162 cm³/mol. The zero-order chi connectivity index (χ0) is 31.1. The highest BCUT2D eigenvalue weighted by Gasteiger charge is 2.26. The molecule has 222 valence electrons. The molecule has 0 spiro atoms. The number of nitrogens with zero attached hydrogens (tertiary/aromatic N) is 3. The third-order valence-electron chi connectivity index (χ3n) is 6.60. The van der Waals surface area contributed by atoms with Gasteiger partial charge in [0.15, 0.2) is 5.82 Å². The van der Waals surface area contributed by atoms with Gasteiger partial charge < -0.3 is 10.4 Å². The lowest BCUT2D eigenvalue weighted by Crippen LogP contribution is -2.29. The van der Waals surface area contributed by atoms with Crippen molar-refractivity contribution in [2.75, 3.05) is 11.0 Å². The van der Waals surface area contributed by atoms with Crippen LogP contribution in [0, 0.1) is 11.6 Å². The van der Waals surface area contributed by atoms with Gasteiger partial charge in [-0.25, -0.2) is 22.0 Å². The molecule has 0 saturated carbocycles. The van der Waals surface area contributed by atoms with E-state index >= 15 is 0 Å². The first kappa shape index (κ1) is 30.2. The minimum atomic E-state index is -3.72. The first-order chi connectivity index (χ1) is 20.3. The van der Waals surface area contributed by atoms with Gasteiger partial charge in [-0.1, -0.05) is 47.5 Å². The van der Waals surface area contributed by atoms with E-state index in [9.17, 15) is 27.1 Å². The van der Waals surface area contributed by atoms with Crippen molar-refractivity contribution < 1.29 is 27.1 Å². The number of aromatic nitrogens is 3. The van der Waals surface area contributed by atoms with Crippen LogP contribution in [-0.2, 0) is 23.5 Å². The molecule has 0 aliphatic heterocycles. The normalized spacial score (nSPS) is 12.3. The Morgan fingerprint density at radius 1 is 1.00 bits per heavy atom. The number of benzene rings is 3. The first-order valence-corrected chi connectivity index (χ1v) is 15.3. The van der Waals surface area contributed by atoms with Crippen molar-refractivity contribution in [1.82, 2.24) is 20.1 Å². The standard InChI is InChI=1S/C29H23Cl2F2N5O4S/c1-38-27-20(7-8-23(31)25(27)28(36-38)37-43(2,41)42)21-12-16(19-5-3-4-6-22(19)30)14-34-26(21)24(35-29(39)40)11-15-9-17(32)13-18(33)10-15/h3-10,12-14,24,35H,11H2,1-2H3,(H,36,37)(H,39,40). The van der Waals surface area contributed by atoms with Gasteiger partial charge in [-0.2, -0.15) is 5.10 Å². The van der Waals surface area contributed by atoms with Crippen LogP contribution >= 0.6 is 23.2 Å². The zero-order valence-corrected chi connectivity index (χ0v) is 24.9. The smallest absolute Gasteiger partial charge is 0.405 e.